The quantitative estimate of drug-likeness (QED) is 0.414. The number of methoxy groups -OCH3 is 2. The van der Waals surface area contributed by atoms with Gasteiger partial charge in [-0.25, -0.2) is 9.79 Å². The SMILES string of the molecule is CCOC(=O)C1=C(C)N=c2s/c(=C/c3ccc(N4CCC(C)CC4)o3)c(=O)n2[C@@H]1c1ccc(OC)cc1OC. The highest BCUT2D eigenvalue weighted by Gasteiger charge is 2.35. The molecule has 9 nitrogen and oxygen atoms in total. The van der Waals surface area contributed by atoms with E-state index in [0.29, 0.717) is 43.4 Å². The summed E-state index contributed by atoms with van der Waals surface area (Å²) in [5, 5.41) is 0. The second-order valence-corrected chi connectivity index (χ2v) is 10.8. The van der Waals surface area contributed by atoms with Crippen LogP contribution >= 0.6 is 11.3 Å². The molecular weight excluding hydrogens is 518 g/mol. The van der Waals surface area contributed by atoms with Gasteiger partial charge < -0.3 is 23.5 Å². The molecule has 0 saturated carbocycles. The number of thiazole rings is 1. The maximum atomic E-state index is 13.9. The number of hydrogen-bond acceptors (Lipinski definition) is 9. The van der Waals surface area contributed by atoms with Gasteiger partial charge in [-0.05, 0) is 50.8 Å². The van der Waals surface area contributed by atoms with Crippen molar-refractivity contribution < 1.29 is 23.4 Å². The first kappa shape index (κ1) is 26.8. The second-order valence-electron chi connectivity index (χ2n) is 9.76. The first-order chi connectivity index (χ1) is 18.8. The molecule has 0 bridgehead atoms. The molecule has 4 heterocycles. The monoisotopic (exact) mass is 551 g/mol. The number of carbonyl (C=O) groups excluding carboxylic acids is 1. The maximum Gasteiger partial charge on any atom is 0.338 e. The topological polar surface area (TPSA) is 95.5 Å². The zero-order valence-corrected chi connectivity index (χ0v) is 23.7. The Hall–Kier alpha value is -3.79. The summed E-state index contributed by atoms with van der Waals surface area (Å²) >= 11 is 1.26. The van der Waals surface area contributed by atoms with Gasteiger partial charge in [0.1, 0.15) is 23.3 Å². The van der Waals surface area contributed by atoms with Crippen LogP contribution in [0.3, 0.4) is 0 Å². The van der Waals surface area contributed by atoms with Gasteiger partial charge in [-0.15, -0.1) is 0 Å². The van der Waals surface area contributed by atoms with Crippen LogP contribution in [0, 0.1) is 5.92 Å². The molecule has 0 spiro atoms. The van der Waals surface area contributed by atoms with E-state index in [1.54, 1.807) is 52.3 Å². The summed E-state index contributed by atoms with van der Waals surface area (Å²) in [6.45, 7) is 7.88. The van der Waals surface area contributed by atoms with Crippen molar-refractivity contribution in [2.24, 2.45) is 10.9 Å². The van der Waals surface area contributed by atoms with Gasteiger partial charge in [-0.3, -0.25) is 9.36 Å². The number of piperidine rings is 1. The Bertz CT molecular complexity index is 1590. The van der Waals surface area contributed by atoms with Crippen molar-refractivity contribution in [2.75, 3.05) is 38.8 Å². The van der Waals surface area contributed by atoms with E-state index in [2.05, 4.69) is 16.8 Å². The number of hydrogen-bond donors (Lipinski definition) is 0. The molecule has 1 atom stereocenters. The van der Waals surface area contributed by atoms with Crippen LogP contribution in [0.1, 0.15) is 51.0 Å². The average Bonchev–Trinajstić information content (AvgIpc) is 3.52. The lowest BCUT2D eigenvalue weighted by atomic mass is 9.95. The van der Waals surface area contributed by atoms with E-state index in [1.807, 2.05) is 12.1 Å². The molecule has 0 radical (unpaired) electrons. The van der Waals surface area contributed by atoms with Gasteiger partial charge >= 0.3 is 5.97 Å². The zero-order chi connectivity index (χ0) is 27.7. The van der Waals surface area contributed by atoms with Gasteiger partial charge in [0.2, 0.25) is 0 Å². The van der Waals surface area contributed by atoms with Gasteiger partial charge in [0, 0.05) is 36.9 Å². The fourth-order valence-corrected chi connectivity index (χ4v) is 6.10. The minimum Gasteiger partial charge on any atom is -0.497 e. The van der Waals surface area contributed by atoms with Gasteiger partial charge in [0.05, 0.1) is 36.6 Å². The molecule has 2 aliphatic rings. The molecule has 0 aliphatic carbocycles. The molecule has 0 amide bonds. The number of carbonyl (C=O) groups is 1. The molecule has 0 unspecified atom stereocenters. The minimum atomic E-state index is -0.786. The number of aromatic nitrogens is 1. The molecule has 0 N–H and O–H groups in total. The lowest BCUT2D eigenvalue weighted by Gasteiger charge is -2.29. The van der Waals surface area contributed by atoms with Gasteiger partial charge in [0.15, 0.2) is 10.7 Å². The number of esters is 1. The first-order valence-electron chi connectivity index (χ1n) is 13.1. The number of fused-ring (bicyclic) bond motifs is 1. The number of nitrogens with zero attached hydrogens (tertiary/aromatic N) is 3. The van der Waals surface area contributed by atoms with E-state index in [0.717, 1.165) is 37.7 Å². The van der Waals surface area contributed by atoms with Crippen LogP contribution in [-0.4, -0.2) is 44.5 Å². The first-order valence-corrected chi connectivity index (χ1v) is 13.9. The summed E-state index contributed by atoms with van der Waals surface area (Å²) in [4.78, 5) is 34.4. The highest BCUT2D eigenvalue weighted by molar-refractivity contribution is 7.07. The Labute approximate surface area is 230 Å². The number of anilines is 1. The zero-order valence-electron chi connectivity index (χ0n) is 22.9. The van der Waals surface area contributed by atoms with E-state index < -0.39 is 12.0 Å². The molecule has 2 aromatic heterocycles. The van der Waals surface area contributed by atoms with Crippen LogP contribution in [0.4, 0.5) is 5.88 Å². The van der Waals surface area contributed by atoms with E-state index in [-0.39, 0.29) is 12.2 Å². The summed E-state index contributed by atoms with van der Waals surface area (Å²) in [6.07, 6.45) is 4.00. The standard InChI is InChI=1S/C29H33N3O6S/c1-6-37-28(34)25-18(3)30-29-32(26(25)21-9-7-19(35-4)15-22(21)36-5)27(33)23(39-29)16-20-8-10-24(38-20)31-13-11-17(2)12-14-31/h7-10,15-17,26H,6,11-14H2,1-5H3/b23-16+/t26-/m1/s1. The second kappa shape index (κ2) is 11.1. The lowest BCUT2D eigenvalue weighted by Crippen LogP contribution is -2.40. The Kier molecular flexibility index (Phi) is 7.65. The normalized spacial score (nSPS) is 18.1. The van der Waals surface area contributed by atoms with Crippen molar-refractivity contribution in [3.8, 4) is 11.5 Å². The number of benzene rings is 1. The van der Waals surface area contributed by atoms with Crippen molar-refractivity contribution in [1.82, 2.24) is 4.57 Å². The van der Waals surface area contributed by atoms with Crippen LogP contribution in [0.15, 0.2) is 55.8 Å². The van der Waals surface area contributed by atoms with Crippen LogP contribution < -0.4 is 29.3 Å². The number of allylic oxidation sites excluding steroid dienone is 1. The smallest absolute Gasteiger partial charge is 0.338 e. The Morgan fingerprint density at radius 3 is 2.64 bits per heavy atom. The fourth-order valence-electron chi connectivity index (χ4n) is 5.08. The van der Waals surface area contributed by atoms with Crippen LogP contribution in [0.5, 0.6) is 11.5 Å². The van der Waals surface area contributed by atoms with Gasteiger partial charge in [-0.2, -0.15) is 0 Å². The van der Waals surface area contributed by atoms with Crippen LogP contribution in [0.2, 0.25) is 0 Å². The predicted molar refractivity (Wildman–Crippen MR) is 149 cm³/mol. The molecule has 1 aromatic carbocycles. The molecule has 39 heavy (non-hydrogen) atoms. The van der Waals surface area contributed by atoms with Crippen molar-refractivity contribution in [1.29, 1.82) is 0 Å². The minimum absolute atomic E-state index is 0.198. The Balaban J connectivity index is 1.62. The third-order valence-corrected chi connectivity index (χ3v) is 8.22. The van der Waals surface area contributed by atoms with E-state index in [1.165, 1.54) is 15.9 Å². The molecular formula is C29H33N3O6S. The molecule has 10 heteroatoms. The fraction of sp³-hybridized carbons (Fsp3) is 0.414. The predicted octanol–water partition coefficient (Wildman–Crippen LogP) is 3.64. The average molecular weight is 552 g/mol. The van der Waals surface area contributed by atoms with Crippen molar-refractivity contribution in [3.63, 3.8) is 0 Å². The largest absolute Gasteiger partial charge is 0.497 e. The van der Waals surface area contributed by atoms with Crippen molar-refractivity contribution >= 4 is 29.3 Å². The molecule has 3 aromatic rings. The van der Waals surface area contributed by atoms with E-state index in [9.17, 15) is 9.59 Å². The maximum absolute atomic E-state index is 13.9. The highest BCUT2D eigenvalue weighted by Crippen LogP contribution is 2.37. The number of furan rings is 1. The van der Waals surface area contributed by atoms with Gasteiger partial charge in [-0.1, -0.05) is 18.3 Å². The summed E-state index contributed by atoms with van der Waals surface area (Å²) in [5.41, 5.74) is 1.13. The van der Waals surface area contributed by atoms with Crippen LogP contribution in [0.25, 0.3) is 6.08 Å². The molecule has 1 fully saturated rings. The van der Waals surface area contributed by atoms with Crippen molar-refractivity contribution in [2.45, 2.75) is 39.7 Å². The molecule has 5 rings (SSSR count). The molecule has 206 valence electrons. The molecule has 2 aliphatic heterocycles. The third-order valence-electron chi connectivity index (χ3n) is 7.23. The van der Waals surface area contributed by atoms with Crippen molar-refractivity contribution in [3.05, 3.63) is 72.6 Å². The third kappa shape index (κ3) is 5.13. The lowest BCUT2D eigenvalue weighted by molar-refractivity contribution is -0.139. The number of ether oxygens (including phenoxy) is 3. The summed E-state index contributed by atoms with van der Waals surface area (Å²) in [7, 11) is 3.11. The van der Waals surface area contributed by atoms with Crippen LogP contribution in [-0.2, 0) is 9.53 Å². The Morgan fingerprint density at radius 1 is 1.18 bits per heavy atom. The van der Waals surface area contributed by atoms with E-state index in [4.69, 9.17) is 18.6 Å². The summed E-state index contributed by atoms with van der Waals surface area (Å²) in [6, 6.07) is 8.35. The van der Waals surface area contributed by atoms with Gasteiger partial charge in [0.25, 0.3) is 5.56 Å². The number of rotatable bonds is 7. The Morgan fingerprint density at radius 2 is 1.95 bits per heavy atom. The molecule has 1 saturated heterocycles. The summed E-state index contributed by atoms with van der Waals surface area (Å²) in [5.74, 6) is 2.67. The summed E-state index contributed by atoms with van der Waals surface area (Å²) < 4.78 is 24.5. The van der Waals surface area contributed by atoms with E-state index >= 15 is 0 Å². The highest BCUT2D eigenvalue weighted by atomic mass is 32.1.